The number of nitrogens with zero attached hydrogens (tertiary/aromatic N) is 2. The monoisotopic (exact) mass is 462 g/mol. The molecule has 6 heteroatoms. The summed E-state index contributed by atoms with van der Waals surface area (Å²) in [6.07, 6.45) is 6.85. The fourth-order valence-electron chi connectivity index (χ4n) is 6.01. The van der Waals surface area contributed by atoms with E-state index in [1.54, 1.807) is 5.56 Å². The van der Waals surface area contributed by atoms with Gasteiger partial charge in [0.25, 0.3) is 0 Å². The van der Waals surface area contributed by atoms with E-state index in [4.69, 9.17) is 10.2 Å². The van der Waals surface area contributed by atoms with Gasteiger partial charge >= 0.3 is 11.9 Å². The fraction of sp³-hybridized carbons (Fsp3) is 0.429. The Balaban J connectivity index is 0.000000297. The Morgan fingerprint density at radius 3 is 1.71 bits per heavy atom. The van der Waals surface area contributed by atoms with Crippen molar-refractivity contribution in [3.8, 4) is 0 Å². The molecule has 2 aromatic rings. The molecule has 1 heterocycles. The van der Waals surface area contributed by atoms with E-state index in [2.05, 4.69) is 70.5 Å². The van der Waals surface area contributed by atoms with Gasteiger partial charge in [0.1, 0.15) is 0 Å². The summed E-state index contributed by atoms with van der Waals surface area (Å²) >= 11 is 0. The number of hydrogen-bond donors (Lipinski definition) is 2. The summed E-state index contributed by atoms with van der Waals surface area (Å²) in [7, 11) is 0. The molecule has 2 unspecified atom stereocenters. The minimum atomic E-state index is -1.26. The summed E-state index contributed by atoms with van der Waals surface area (Å²) in [5, 5.41) is 15.6. The van der Waals surface area contributed by atoms with Gasteiger partial charge in [-0.2, -0.15) is 0 Å². The maximum atomic E-state index is 9.55. The van der Waals surface area contributed by atoms with Crippen LogP contribution in [0, 0.1) is 11.8 Å². The largest absolute Gasteiger partial charge is 0.478 e. The van der Waals surface area contributed by atoms with E-state index in [0.29, 0.717) is 12.2 Å². The lowest BCUT2D eigenvalue weighted by Crippen LogP contribution is -2.50. The van der Waals surface area contributed by atoms with E-state index < -0.39 is 11.9 Å². The molecule has 0 radical (unpaired) electrons. The Kier molecular flexibility index (Phi) is 8.01. The molecule has 0 amide bonds. The Morgan fingerprint density at radius 1 is 0.706 bits per heavy atom. The van der Waals surface area contributed by atoms with Crippen molar-refractivity contribution in [1.29, 1.82) is 0 Å². The molecule has 180 valence electrons. The number of carbonyl (C=O) groups is 2. The number of aliphatic carboxylic acids is 2. The van der Waals surface area contributed by atoms with Crippen LogP contribution < -0.4 is 4.90 Å². The Labute approximate surface area is 201 Å². The van der Waals surface area contributed by atoms with Gasteiger partial charge in [0, 0.05) is 50.1 Å². The maximum absolute atomic E-state index is 9.55. The zero-order valence-corrected chi connectivity index (χ0v) is 19.5. The lowest BCUT2D eigenvalue weighted by molar-refractivity contribution is -0.134. The number of carboxylic acid groups (broad SMARTS) is 2. The van der Waals surface area contributed by atoms with E-state index in [1.165, 1.54) is 57.5 Å². The summed E-state index contributed by atoms with van der Waals surface area (Å²) in [6.45, 7) is 4.84. The van der Waals surface area contributed by atoms with Crippen LogP contribution in [-0.4, -0.2) is 59.3 Å². The van der Waals surface area contributed by atoms with Crippen molar-refractivity contribution in [3.63, 3.8) is 0 Å². The van der Waals surface area contributed by atoms with Crippen LogP contribution in [0.4, 0.5) is 5.69 Å². The lowest BCUT2D eigenvalue weighted by atomic mass is 9.94. The van der Waals surface area contributed by atoms with Gasteiger partial charge in [-0.1, -0.05) is 48.5 Å². The molecule has 6 nitrogen and oxygen atoms in total. The van der Waals surface area contributed by atoms with E-state index in [0.717, 1.165) is 23.8 Å². The molecule has 2 N–H and O–H groups in total. The summed E-state index contributed by atoms with van der Waals surface area (Å²) in [5.74, 6) is 0.247. The van der Waals surface area contributed by atoms with Gasteiger partial charge in [-0.15, -0.1) is 0 Å². The summed E-state index contributed by atoms with van der Waals surface area (Å²) < 4.78 is 0. The van der Waals surface area contributed by atoms with Crippen LogP contribution in [0.5, 0.6) is 0 Å². The van der Waals surface area contributed by atoms with Crippen LogP contribution in [0.25, 0.3) is 0 Å². The SMILES string of the molecule is O=C(O)/C=C/C(=O)O.c1ccc(C2CC3CC(N4CCN(c5ccccc5)CC4)CC3C2)cc1. The van der Waals surface area contributed by atoms with Gasteiger partial charge in [-0.05, 0) is 61.1 Å². The number of carboxylic acids is 2. The summed E-state index contributed by atoms with van der Waals surface area (Å²) in [5.41, 5.74) is 2.97. The van der Waals surface area contributed by atoms with Gasteiger partial charge in [0.15, 0.2) is 0 Å². The molecule has 3 fully saturated rings. The summed E-state index contributed by atoms with van der Waals surface area (Å²) in [6, 6.07) is 23.0. The van der Waals surface area contributed by atoms with Crippen molar-refractivity contribution in [1.82, 2.24) is 4.90 Å². The van der Waals surface area contributed by atoms with Gasteiger partial charge in [-0.25, -0.2) is 9.59 Å². The average molecular weight is 463 g/mol. The zero-order valence-electron chi connectivity index (χ0n) is 19.5. The highest BCUT2D eigenvalue weighted by Crippen LogP contribution is 2.51. The topological polar surface area (TPSA) is 81.1 Å². The molecule has 34 heavy (non-hydrogen) atoms. The quantitative estimate of drug-likeness (QED) is 0.637. The van der Waals surface area contributed by atoms with E-state index in [1.807, 2.05) is 0 Å². The standard InChI is InChI=1S/C24H30N2.C4H4O4/c1-3-7-19(8-4-1)20-15-21-17-24(18-22(21)16-20)26-13-11-25(12-14-26)23-9-5-2-6-10-23;5-3(6)1-2-4(7)8/h1-10,20-22,24H,11-18H2;1-2H,(H,5,6)(H,7,8)/b;2-1+. The van der Waals surface area contributed by atoms with Crippen molar-refractivity contribution in [2.24, 2.45) is 11.8 Å². The predicted molar refractivity (Wildman–Crippen MR) is 133 cm³/mol. The molecule has 0 aromatic heterocycles. The average Bonchev–Trinajstić information content (AvgIpc) is 3.44. The van der Waals surface area contributed by atoms with Crippen LogP contribution in [0.3, 0.4) is 0 Å². The lowest BCUT2D eigenvalue weighted by Gasteiger charge is -2.39. The van der Waals surface area contributed by atoms with Crippen molar-refractivity contribution in [3.05, 3.63) is 78.4 Å². The zero-order chi connectivity index (χ0) is 23.9. The molecular formula is C28H34N2O4. The number of rotatable bonds is 5. The molecule has 3 aliphatic rings. The third-order valence-electron chi connectivity index (χ3n) is 7.58. The summed E-state index contributed by atoms with van der Waals surface area (Å²) in [4.78, 5) is 24.5. The molecule has 1 aliphatic heterocycles. The number of para-hydroxylation sites is 1. The van der Waals surface area contributed by atoms with Crippen LogP contribution in [0.1, 0.15) is 37.2 Å². The highest BCUT2D eigenvalue weighted by atomic mass is 16.4. The molecular weight excluding hydrogens is 428 g/mol. The number of fused-ring (bicyclic) bond motifs is 1. The molecule has 2 aliphatic carbocycles. The second kappa shape index (κ2) is 11.3. The van der Waals surface area contributed by atoms with Crippen LogP contribution >= 0.6 is 0 Å². The Hall–Kier alpha value is -3.12. The van der Waals surface area contributed by atoms with Crippen LogP contribution in [0.2, 0.25) is 0 Å². The minimum Gasteiger partial charge on any atom is -0.478 e. The third kappa shape index (κ3) is 6.26. The smallest absolute Gasteiger partial charge is 0.328 e. The van der Waals surface area contributed by atoms with Gasteiger partial charge in [0.05, 0.1) is 0 Å². The number of anilines is 1. The number of piperazine rings is 1. The number of hydrogen-bond acceptors (Lipinski definition) is 4. The molecule has 2 atom stereocenters. The van der Waals surface area contributed by atoms with E-state index in [9.17, 15) is 9.59 Å². The molecule has 2 aromatic carbocycles. The molecule has 2 saturated carbocycles. The van der Waals surface area contributed by atoms with Crippen molar-refractivity contribution in [2.75, 3.05) is 31.1 Å². The van der Waals surface area contributed by atoms with E-state index in [-0.39, 0.29) is 0 Å². The predicted octanol–water partition coefficient (Wildman–Crippen LogP) is 4.49. The first kappa shape index (κ1) is 24.0. The first-order valence-corrected chi connectivity index (χ1v) is 12.2. The first-order valence-electron chi connectivity index (χ1n) is 12.2. The third-order valence-corrected chi connectivity index (χ3v) is 7.58. The fourth-order valence-corrected chi connectivity index (χ4v) is 6.01. The first-order chi connectivity index (χ1) is 16.5. The van der Waals surface area contributed by atoms with Crippen molar-refractivity contribution < 1.29 is 19.8 Å². The van der Waals surface area contributed by atoms with E-state index >= 15 is 0 Å². The minimum absolute atomic E-state index is 0.558. The highest BCUT2D eigenvalue weighted by molar-refractivity contribution is 5.89. The van der Waals surface area contributed by atoms with Gasteiger partial charge in [0.2, 0.25) is 0 Å². The molecule has 5 rings (SSSR count). The Morgan fingerprint density at radius 2 is 1.21 bits per heavy atom. The highest BCUT2D eigenvalue weighted by Gasteiger charge is 2.43. The second-order valence-corrected chi connectivity index (χ2v) is 9.59. The van der Waals surface area contributed by atoms with Crippen LogP contribution in [0.15, 0.2) is 72.8 Å². The molecule has 0 bridgehead atoms. The Bertz CT molecular complexity index is 940. The molecule has 0 spiro atoms. The van der Waals surface area contributed by atoms with Crippen LogP contribution in [-0.2, 0) is 9.59 Å². The van der Waals surface area contributed by atoms with Crippen molar-refractivity contribution in [2.45, 2.75) is 37.6 Å². The second-order valence-electron chi connectivity index (χ2n) is 9.59. The van der Waals surface area contributed by atoms with Gasteiger partial charge in [-0.3, -0.25) is 4.90 Å². The normalized spacial score (nSPS) is 26.6. The molecule has 1 saturated heterocycles. The maximum Gasteiger partial charge on any atom is 0.328 e. The number of benzene rings is 2. The van der Waals surface area contributed by atoms with Gasteiger partial charge < -0.3 is 15.1 Å². The van der Waals surface area contributed by atoms with Crippen molar-refractivity contribution >= 4 is 17.6 Å².